The van der Waals surface area contributed by atoms with Gasteiger partial charge in [-0.3, -0.25) is 4.79 Å². The molecule has 1 saturated heterocycles. The number of hydrogen-bond donors (Lipinski definition) is 2. The van der Waals surface area contributed by atoms with Crippen LogP contribution in [0.15, 0.2) is 29.2 Å². The smallest absolute Gasteiger partial charge is 0.343 e. The van der Waals surface area contributed by atoms with E-state index in [4.69, 9.17) is 5.73 Å². The monoisotopic (exact) mass is 351 g/mol. The molecule has 10 heteroatoms. The molecular weight excluding hydrogens is 335 g/mol. The number of sulfonamides is 1. The molecule has 3 N–H and O–H groups in total. The standard InChI is InChI=1S/C13H16F3N3O3S/c14-13(15,16)8-18-12(20)9-1-3-11(4-2-9)23(21,22)19-6-5-10(17)7-19/h1-4,10H,5-8,17H2,(H,18,20)/t10-/m1/s1. The Morgan fingerprint density at radius 1 is 1.30 bits per heavy atom. The molecule has 0 aromatic heterocycles. The average molecular weight is 351 g/mol. The number of benzene rings is 1. The number of nitrogens with two attached hydrogens (primary N) is 1. The van der Waals surface area contributed by atoms with Crippen LogP contribution in [0.5, 0.6) is 0 Å². The van der Waals surface area contributed by atoms with Gasteiger partial charge in [0.15, 0.2) is 0 Å². The first-order valence-electron chi connectivity index (χ1n) is 6.80. The van der Waals surface area contributed by atoms with Crippen LogP contribution >= 0.6 is 0 Å². The minimum Gasteiger partial charge on any atom is -0.343 e. The van der Waals surface area contributed by atoms with Crippen molar-refractivity contribution in [2.24, 2.45) is 5.73 Å². The van der Waals surface area contributed by atoms with E-state index in [0.717, 1.165) is 0 Å². The molecule has 1 fully saturated rings. The normalized spacial score (nSPS) is 19.7. The molecule has 0 unspecified atom stereocenters. The van der Waals surface area contributed by atoms with Gasteiger partial charge in [-0.1, -0.05) is 0 Å². The first-order valence-corrected chi connectivity index (χ1v) is 8.24. The van der Waals surface area contributed by atoms with Crippen LogP contribution in [0.4, 0.5) is 13.2 Å². The molecule has 1 aliphatic heterocycles. The Labute approximate surface area is 131 Å². The SMILES string of the molecule is N[C@@H]1CCN(S(=O)(=O)c2ccc(C(=O)NCC(F)(F)F)cc2)C1. The number of halogens is 3. The van der Waals surface area contributed by atoms with Crippen LogP contribution in [-0.4, -0.2) is 50.5 Å². The highest BCUT2D eigenvalue weighted by Gasteiger charge is 2.31. The van der Waals surface area contributed by atoms with Crippen molar-refractivity contribution in [2.75, 3.05) is 19.6 Å². The predicted molar refractivity (Wildman–Crippen MR) is 76.2 cm³/mol. The van der Waals surface area contributed by atoms with Gasteiger partial charge in [0.2, 0.25) is 10.0 Å². The maximum Gasteiger partial charge on any atom is 0.405 e. The topological polar surface area (TPSA) is 92.5 Å². The zero-order valence-corrected chi connectivity index (χ0v) is 12.8. The van der Waals surface area contributed by atoms with Gasteiger partial charge >= 0.3 is 6.18 Å². The largest absolute Gasteiger partial charge is 0.405 e. The number of amides is 1. The molecule has 0 bridgehead atoms. The summed E-state index contributed by atoms with van der Waals surface area (Å²) >= 11 is 0. The molecule has 0 radical (unpaired) electrons. The number of nitrogens with one attached hydrogen (secondary N) is 1. The van der Waals surface area contributed by atoms with Gasteiger partial charge in [0.1, 0.15) is 6.54 Å². The summed E-state index contributed by atoms with van der Waals surface area (Å²) in [5.74, 6) is -0.922. The van der Waals surface area contributed by atoms with Gasteiger partial charge in [0.05, 0.1) is 4.90 Å². The molecule has 0 aliphatic carbocycles. The fourth-order valence-corrected chi connectivity index (χ4v) is 3.69. The summed E-state index contributed by atoms with van der Waals surface area (Å²) in [6.45, 7) is -0.912. The fourth-order valence-electron chi connectivity index (χ4n) is 2.18. The second kappa shape index (κ2) is 6.46. The van der Waals surface area contributed by atoms with Crippen LogP contribution in [0, 0.1) is 0 Å². The van der Waals surface area contributed by atoms with Crippen LogP contribution < -0.4 is 11.1 Å². The zero-order chi connectivity index (χ0) is 17.3. The second-order valence-corrected chi connectivity index (χ2v) is 7.17. The Kier molecular flexibility index (Phi) is 4.97. The van der Waals surface area contributed by atoms with Crippen molar-refractivity contribution in [1.82, 2.24) is 9.62 Å². The molecule has 23 heavy (non-hydrogen) atoms. The van der Waals surface area contributed by atoms with Gasteiger partial charge in [-0.05, 0) is 30.7 Å². The van der Waals surface area contributed by atoms with E-state index >= 15 is 0 Å². The lowest BCUT2D eigenvalue weighted by Crippen LogP contribution is -2.34. The lowest BCUT2D eigenvalue weighted by atomic mass is 10.2. The van der Waals surface area contributed by atoms with Crippen LogP contribution in [-0.2, 0) is 10.0 Å². The molecular formula is C13H16F3N3O3S. The highest BCUT2D eigenvalue weighted by atomic mass is 32.2. The average Bonchev–Trinajstić information content (AvgIpc) is 2.91. The first kappa shape index (κ1) is 17.7. The molecule has 1 amide bonds. The third-order valence-corrected chi connectivity index (χ3v) is 5.27. The van der Waals surface area contributed by atoms with Crippen molar-refractivity contribution in [3.8, 4) is 0 Å². The number of carbonyl (C=O) groups is 1. The van der Waals surface area contributed by atoms with Gasteiger partial charge in [0, 0.05) is 24.7 Å². The van der Waals surface area contributed by atoms with E-state index < -0.39 is 28.7 Å². The first-order chi connectivity index (χ1) is 10.6. The number of nitrogens with zero attached hydrogens (tertiary/aromatic N) is 1. The summed E-state index contributed by atoms with van der Waals surface area (Å²) < 4.78 is 62.1. The number of carbonyl (C=O) groups excluding carboxylic acids is 1. The third-order valence-electron chi connectivity index (χ3n) is 3.39. The van der Waals surface area contributed by atoms with E-state index in [0.29, 0.717) is 13.0 Å². The number of hydrogen-bond acceptors (Lipinski definition) is 4. The maximum atomic E-state index is 12.3. The second-order valence-electron chi connectivity index (χ2n) is 5.23. The van der Waals surface area contributed by atoms with Gasteiger partial charge in [-0.15, -0.1) is 0 Å². The highest BCUT2D eigenvalue weighted by molar-refractivity contribution is 7.89. The van der Waals surface area contributed by atoms with Crippen molar-refractivity contribution >= 4 is 15.9 Å². The zero-order valence-electron chi connectivity index (χ0n) is 12.0. The van der Waals surface area contributed by atoms with Crippen LogP contribution in [0.1, 0.15) is 16.8 Å². The third kappa shape index (κ3) is 4.43. The van der Waals surface area contributed by atoms with Crippen molar-refractivity contribution < 1.29 is 26.4 Å². The summed E-state index contributed by atoms with van der Waals surface area (Å²) in [5, 5.41) is 1.72. The molecule has 1 atom stereocenters. The summed E-state index contributed by atoms with van der Waals surface area (Å²) in [6.07, 6.45) is -3.94. The molecule has 1 aromatic carbocycles. The van der Waals surface area contributed by atoms with Crippen LogP contribution in [0.3, 0.4) is 0 Å². The summed E-state index contributed by atoms with van der Waals surface area (Å²) in [4.78, 5) is 11.5. The lowest BCUT2D eigenvalue weighted by molar-refractivity contribution is -0.123. The Morgan fingerprint density at radius 2 is 1.91 bits per heavy atom. The lowest BCUT2D eigenvalue weighted by Gasteiger charge is -2.16. The van der Waals surface area contributed by atoms with Gasteiger partial charge in [0.25, 0.3) is 5.91 Å². The van der Waals surface area contributed by atoms with Crippen molar-refractivity contribution in [1.29, 1.82) is 0 Å². The summed E-state index contributed by atoms with van der Waals surface area (Å²) in [7, 11) is -3.71. The molecule has 0 saturated carbocycles. The van der Waals surface area contributed by atoms with Crippen molar-refractivity contribution in [2.45, 2.75) is 23.5 Å². The maximum absolute atomic E-state index is 12.3. The molecule has 1 heterocycles. The summed E-state index contributed by atoms with van der Waals surface area (Å²) in [6, 6.07) is 4.53. The van der Waals surface area contributed by atoms with E-state index in [1.807, 2.05) is 0 Å². The highest BCUT2D eigenvalue weighted by Crippen LogP contribution is 2.21. The fraction of sp³-hybridized carbons (Fsp3) is 0.462. The van der Waals surface area contributed by atoms with E-state index in [1.54, 1.807) is 5.32 Å². The quantitative estimate of drug-likeness (QED) is 0.835. The predicted octanol–water partition coefficient (Wildman–Crippen LogP) is 0.700. The van der Waals surface area contributed by atoms with Gasteiger partial charge in [-0.25, -0.2) is 8.42 Å². The number of alkyl halides is 3. The Balaban J connectivity index is 2.08. The molecule has 2 rings (SSSR count). The molecule has 1 aliphatic rings. The van der Waals surface area contributed by atoms with Gasteiger partial charge in [-0.2, -0.15) is 17.5 Å². The molecule has 1 aromatic rings. The van der Waals surface area contributed by atoms with E-state index in [-0.39, 0.29) is 23.0 Å². The van der Waals surface area contributed by atoms with E-state index in [9.17, 15) is 26.4 Å². The minimum atomic E-state index is -4.51. The van der Waals surface area contributed by atoms with E-state index in [2.05, 4.69) is 0 Å². The summed E-state index contributed by atoms with van der Waals surface area (Å²) in [5.41, 5.74) is 5.63. The molecule has 128 valence electrons. The Bertz CT molecular complexity index is 674. The van der Waals surface area contributed by atoms with Gasteiger partial charge < -0.3 is 11.1 Å². The Morgan fingerprint density at radius 3 is 2.39 bits per heavy atom. The molecule has 0 spiro atoms. The van der Waals surface area contributed by atoms with Crippen LogP contribution in [0.2, 0.25) is 0 Å². The minimum absolute atomic E-state index is 0.0287. The Hall–Kier alpha value is -1.65. The molecule has 6 nitrogen and oxygen atoms in total. The number of rotatable bonds is 4. The van der Waals surface area contributed by atoms with E-state index in [1.165, 1.54) is 28.6 Å². The van der Waals surface area contributed by atoms with Crippen molar-refractivity contribution in [3.63, 3.8) is 0 Å². The van der Waals surface area contributed by atoms with Crippen molar-refractivity contribution in [3.05, 3.63) is 29.8 Å². The van der Waals surface area contributed by atoms with Crippen LogP contribution in [0.25, 0.3) is 0 Å².